The Balaban J connectivity index is 0.00000180. The van der Waals surface area contributed by atoms with Crippen LogP contribution in [-0.2, 0) is 4.79 Å². The summed E-state index contributed by atoms with van der Waals surface area (Å²) in [6, 6.07) is 0.848. The average Bonchev–Trinajstić information content (AvgIpc) is 3.22. The number of halogens is 1. The van der Waals surface area contributed by atoms with Crippen LogP contribution < -0.4 is 5.32 Å². The molecule has 1 aliphatic carbocycles. The van der Waals surface area contributed by atoms with Crippen LogP contribution in [0.3, 0.4) is 0 Å². The highest BCUT2D eigenvalue weighted by Crippen LogP contribution is 2.18. The molecule has 1 saturated heterocycles. The minimum atomic E-state index is 0. The largest absolute Gasteiger partial charge is 0.395 e. The zero-order valence-electron chi connectivity index (χ0n) is 11.7. The zero-order chi connectivity index (χ0) is 13.0. The number of rotatable bonds is 6. The van der Waals surface area contributed by atoms with Crippen molar-refractivity contribution in [1.29, 1.82) is 0 Å². The van der Waals surface area contributed by atoms with Gasteiger partial charge in [0.15, 0.2) is 0 Å². The van der Waals surface area contributed by atoms with Gasteiger partial charge >= 0.3 is 0 Å². The van der Waals surface area contributed by atoms with Crippen LogP contribution in [0.2, 0.25) is 0 Å². The molecule has 5 nitrogen and oxygen atoms in total. The second-order valence-electron chi connectivity index (χ2n) is 5.32. The van der Waals surface area contributed by atoms with Crippen molar-refractivity contribution in [3.63, 3.8) is 0 Å². The molecule has 2 N–H and O–H groups in total. The molecule has 19 heavy (non-hydrogen) atoms. The Morgan fingerprint density at radius 1 is 1.32 bits per heavy atom. The minimum absolute atomic E-state index is 0. The molecule has 1 heterocycles. The van der Waals surface area contributed by atoms with Crippen LogP contribution in [0.15, 0.2) is 0 Å². The summed E-state index contributed by atoms with van der Waals surface area (Å²) in [7, 11) is 0. The number of aliphatic hydroxyl groups excluding tert-OH is 1. The monoisotopic (exact) mass is 291 g/mol. The molecule has 0 aromatic carbocycles. The third kappa shape index (κ3) is 4.91. The molecular formula is C13H26ClN3O2. The lowest BCUT2D eigenvalue weighted by Gasteiger charge is -2.38. The highest BCUT2D eigenvalue weighted by molar-refractivity contribution is 5.85. The average molecular weight is 292 g/mol. The Morgan fingerprint density at radius 2 is 1.95 bits per heavy atom. The van der Waals surface area contributed by atoms with Gasteiger partial charge in [0, 0.05) is 38.3 Å². The maximum absolute atomic E-state index is 11.9. The molecule has 0 aromatic heterocycles. The fraction of sp³-hybridized carbons (Fsp3) is 0.923. The van der Waals surface area contributed by atoms with Crippen LogP contribution in [-0.4, -0.2) is 72.2 Å². The van der Waals surface area contributed by atoms with E-state index in [1.807, 2.05) is 4.90 Å². The quantitative estimate of drug-likeness (QED) is 0.727. The summed E-state index contributed by atoms with van der Waals surface area (Å²) in [5, 5.41) is 12.5. The van der Waals surface area contributed by atoms with Crippen molar-refractivity contribution in [3.8, 4) is 0 Å². The number of hydrogen-bond donors (Lipinski definition) is 2. The zero-order valence-corrected chi connectivity index (χ0v) is 12.5. The van der Waals surface area contributed by atoms with Gasteiger partial charge in [-0.2, -0.15) is 0 Å². The van der Waals surface area contributed by atoms with Gasteiger partial charge in [0.1, 0.15) is 0 Å². The third-order valence-electron chi connectivity index (χ3n) is 3.98. The summed E-state index contributed by atoms with van der Waals surface area (Å²) >= 11 is 0. The summed E-state index contributed by atoms with van der Waals surface area (Å²) in [6.45, 7) is 6.15. The number of piperazine rings is 1. The van der Waals surface area contributed by atoms with E-state index in [-0.39, 0.29) is 31.0 Å². The fourth-order valence-corrected chi connectivity index (χ4v) is 2.47. The molecule has 1 unspecified atom stereocenters. The summed E-state index contributed by atoms with van der Waals surface area (Å²) in [4.78, 5) is 16.2. The van der Waals surface area contributed by atoms with Gasteiger partial charge < -0.3 is 15.3 Å². The standard InChI is InChI=1S/C13H25N3O2.ClH/c1-2-12(10-17)15-5-7-16(8-6-15)13(18)9-14-11-3-4-11;/h11-12,14,17H,2-10H2,1H3;1H. The highest BCUT2D eigenvalue weighted by Gasteiger charge is 2.26. The van der Waals surface area contributed by atoms with Gasteiger partial charge in [0.05, 0.1) is 13.2 Å². The first-order chi connectivity index (χ1) is 8.74. The van der Waals surface area contributed by atoms with Gasteiger partial charge in [-0.3, -0.25) is 9.69 Å². The molecular weight excluding hydrogens is 266 g/mol. The number of carbonyl (C=O) groups excluding carboxylic acids is 1. The van der Waals surface area contributed by atoms with Crippen LogP contribution in [0.4, 0.5) is 0 Å². The summed E-state index contributed by atoms with van der Waals surface area (Å²) in [6.07, 6.45) is 3.40. The number of aliphatic hydroxyl groups is 1. The molecule has 0 aromatic rings. The van der Waals surface area contributed by atoms with Crippen molar-refractivity contribution in [1.82, 2.24) is 15.1 Å². The van der Waals surface area contributed by atoms with E-state index in [1.54, 1.807) is 0 Å². The van der Waals surface area contributed by atoms with Crippen LogP contribution >= 0.6 is 12.4 Å². The van der Waals surface area contributed by atoms with Crippen LogP contribution in [0.5, 0.6) is 0 Å². The van der Waals surface area contributed by atoms with Gasteiger partial charge in [0.25, 0.3) is 0 Å². The van der Waals surface area contributed by atoms with E-state index in [4.69, 9.17) is 0 Å². The lowest BCUT2D eigenvalue weighted by atomic mass is 10.1. The fourth-order valence-electron chi connectivity index (χ4n) is 2.47. The number of amides is 1. The normalized spacial score (nSPS) is 21.9. The first kappa shape index (κ1) is 16.7. The molecule has 0 radical (unpaired) electrons. The van der Waals surface area contributed by atoms with Crippen molar-refractivity contribution < 1.29 is 9.90 Å². The van der Waals surface area contributed by atoms with E-state index in [0.717, 1.165) is 32.6 Å². The van der Waals surface area contributed by atoms with E-state index < -0.39 is 0 Å². The molecule has 1 atom stereocenters. The molecule has 0 spiro atoms. The predicted molar refractivity (Wildman–Crippen MR) is 77.6 cm³/mol. The second-order valence-corrected chi connectivity index (χ2v) is 5.32. The summed E-state index contributed by atoms with van der Waals surface area (Å²) in [5.74, 6) is 0.221. The van der Waals surface area contributed by atoms with Gasteiger partial charge in [-0.25, -0.2) is 0 Å². The van der Waals surface area contributed by atoms with E-state index >= 15 is 0 Å². The van der Waals surface area contributed by atoms with Crippen molar-refractivity contribution in [2.24, 2.45) is 0 Å². The Morgan fingerprint density at radius 3 is 2.42 bits per heavy atom. The van der Waals surface area contributed by atoms with E-state index in [0.29, 0.717) is 12.6 Å². The number of hydrogen-bond acceptors (Lipinski definition) is 4. The lowest BCUT2D eigenvalue weighted by molar-refractivity contribution is -0.132. The molecule has 6 heteroatoms. The first-order valence-corrected chi connectivity index (χ1v) is 7.10. The Labute approximate surface area is 121 Å². The first-order valence-electron chi connectivity index (χ1n) is 7.10. The summed E-state index contributed by atoms with van der Waals surface area (Å²) < 4.78 is 0. The van der Waals surface area contributed by atoms with E-state index in [1.165, 1.54) is 12.8 Å². The number of carbonyl (C=O) groups is 1. The molecule has 2 aliphatic rings. The highest BCUT2D eigenvalue weighted by atomic mass is 35.5. The molecule has 112 valence electrons. The second kappa shape index (κ2) is 8.04. The van der Waals surface area contributed by atoms with Gasteiger partial charge in [-0.15, -0.1) is 12.4 Å². The number of nitrogens with zero attached hydrogens (tertiary/aromatic N) is 2. The van der Waals surface area contributed by atoms with Crippen LogP contribution in [0, 0.1) is 0 Å². The van der Waals surface area contributed by atoms with Crippen LogP contribution in [0.1, 0.15) is 26.2 Å². The van der Waals surface area contributed by atoms with E-state index in [9.17, 15) is 9.90 Å². The Kier molecular flexibility index (Phi) is 7.07. The van der Waals surface area contributed by atoms with Crippen molar-refractivity contribution in [2.75, 3.05) is 39.3 Å². The van der Waals surface area contributed by atoms with Crippen LogP contribution in [0.25, 0.3) is 0 Å². The predicted octanol–water partition coefficient (Wildman–Crippen LogP) is 0.0753. The van der Waals surface area contributed by atoms with Gasteiger partial charge in [0.2, 0.25) is 5.91 Å². The third-order valence-corrected chi connectivity index (χ3v) is 3.98. The maximum atomic E-state index is 11.9. The smallest absolute Gasteiger partial charge is 0.236 e. The van der Waals surface area contributed by atoms with Gasteiger partial charge in [-0.05, 0) is 19.3 Å². The molecule has 2 rings (SSSR count). The number of nitrogens with one attached hydrogen (secondary N) is 1. The van der Waals surface area contributed by atoms with Crippen molar-refractivity contribution in [2.45, 2.75) is 38.3 Å². The minimum Gasteiger partial charge on any atom is -0.395 e. The lowest BCUT2D eigenvalue weighted by Crippen LogP contribution is -2.54. The molecule has 2 fully saturated rings. The summed E-state index contributed by atoms with van der Waals surface area (Å²) in [5.41, 5.74) is 0. The molecule has 1 amide bonds. The molecule has 1 saturated carbocycles. The Hall–Kier alpha value is -0.360. The van der Waals surface area contributed by atoms with Crippen molar-refractivity contribution >= 4 is 18.3 Å². The molecule has 0 bridgehead atoms. The Bertz CT molecular complexity index is 275. The molecule has 1 aliphatic heterocycles. The SMILES string of the molecule is CCC(CO)N1CCN(C(=O)CNC2CC2)CC1.Cl. The topological polar surface area (TPSA) is 55.8 Å². The van der Waals surface area contributed by atoms with Crippen molar-refractivity contribution in [3.05, 3.63) is 0 Å². The maximum Gasteiger partial charge on any atom is 0.236 e. The van der Waals surface area contributed by atoms with Gasteiger partial charge in [-0.1, -0.05) is 6.92 Å². The van der Waals surface area contributed by atoms with E-state index in [2.05, 4.69) is 17.1 Å².